The molecule has 1 saturated heterocycles. The summed E-state index contributed by atoms with van der Waals surface area (Å²) in [6, 6.07) is 3.59. The number of ether oxygens (including phenoxy) is 1. The van der Waals surface area contributed by atoms with Crippen LogP contribution in [-0.2, 0) is 14.8 Å². The number of benzene rings is 1. The van der Waals surface area contributed by atoms with E-state index in [-0.39, 0.29) is 30.5 Å². The molecular formula is C16H16F3N5O5S. The number of alkyl halides is 3. The van der Waals surface area contributed by atoms with Crippen LogP contribution < -0.4 is 15.4 Å². The predicted octanol–water partition coefficient (Wildman–Crippen LogP) is 0.921. The maximum atomic E-state index is 12.9. The van der Waals surface area contributed by atoms with Crippen molar-refractivity contribution >= 4 is 27.8 Å². The second kappa shape index (κ2) is 7.95. The Hall–Kier alpha value is -3.13. The smallest absolute Gasteiger partial charge is 0.480 e. The molecule has 0 spiro atoms. The first-order valence-electron chi connectivity index (χ1n) is 8.41. The van der Waals surface area contributed by atoms with Crippen LogP contribution in [0.4, 0.5) is 24.9 Å². The van der Waals surface area contributed by atoms with E-state index < -0.39 is 34.1 Å². The SMILES string of the molecule is Nc1nccc(N2CCN(S(=O)(=O)c3ccc(OC(F)(F)F)cc3)[C@@H](C(=O)O)C2)n1. The highest BCUT2D eigenvalue weighted by molar-refractivity contribution is 7.89. The number of nitrogen functional groups attached to an aromatic ring is 1. The van der Waals surface area contributed by atoms with E-state index >= 15 is 0 Å². The number of nitrogens with zero attached hydrogens (tertiary/aromatic N) is 4. The van der Waals surface area contributed by atoms with Crippen molar-refractivity contribution in [3.63, 3.8) is 0 Å². The second-order valence-electron chi connectivity index (χ2n) is 6.21. The van der Waals surface area contributed by atoms with Gasteiger partial charge in [-0.15, -0.1) is 13.2 Å². The van der Waals surface area contributed by atoms with Gasteiger partial charge in [0.2, 0.25) is 16.0 Å². The molecule has 0 aliphatic carbocycles. The Morgan fingerprint density at radius 1 is 1.20 bits per heavy atom. The Kier molecular flexibility index (Phi) is 5.72. The van der Waals surface area contributed by atoms with Crippen molar-refractivity contribution in [1.29, 1.82) is 0 Å². The third-order valence-corrected chi connectivity index (χ3v) is 6.19. The lowest BCUT2D eigenvalue weighted by molar-refractivity contribution is -0.274. The lowest BCUT2D eigenvalue weighted by Crippen LogP contribution is -2.58. The maximum Gasteiger partial charge on any atom is 0.573 e. The Morgan fingerprint density at radius 2 is 1.87 bits per heavy atom. The molecule has 3 rings (SSSR count). The third kappa shape index (κ3) is 4.71. The molecule has 0 bridgehead atoms. The van der Waals surface area contributed by atoms with Crippen LogP contribution in [0.15, 0.2) is 41.4 Å². The van der Waals surface area contributed by atoms with Crippen LogP contribution in [0, 0.1) is 0 Å². The molecule has 30 heavy (non-hydrogen) atoms. The summed E-state index contributed by atoms with van der Waals surface area (Å²) in [4.78, 5) is 20.7. The van der Waals surface area contributed by atoms with Crippen LogP contribution in [0.3, 0.4) is 0 Å². The minimum Gasteiger partial charge on any atom is -0.480 e. The fourth-order valence-corrected chi connectivity index (χ4v) is 4.52. The molecule has 2 heterocycles. The number of hydrogen-bond donors (Lipinski definition) is 2. The van der Waals surface area contributed by atoms with Gasteiger partial charge >= 0.3 is 12.3 Å². The summed E-state index contributed by atoms with van der Waals surface area (Å²) in [5.41, 5.74) is 5.53. The zero-order chi connectivity index (χ0) is 22.1. The zero-order valence-corrected chi connectivity index (χ0v) is 16.0. The van der Waals surface area contributed by atoms with Crippen LogP contribution in [-0.4, -0.2) is 65.8 Å². The van der Waals surface area contributed by atoms with Crippen molar-refractivity contribution in [2.24, 2.45) is 0 Å². The first kappa shape index (κ1) is 21.6. The van der Waals surface area contributed by atoms with Crippen molar-refractivity contribution in [1.82, 2.24) is 14.3 Å². The highest BCUT2D eigenvalue weighted by Gasteiger charge is 2.41. The standard InChI is InChI=1S/C16H16F3N5O5S/c17-16(18,19)29-10-1-3-11(4-2-10)30(27,28)24-8-7-23(9-12(24)14(25)26)13-5-6-21-15(20)22-13/h1-6,12H,7-9H2,(H,25,26)(H2,20,21,22)/t12-/m1/s1. The van der Waals surface area contributed by atoms with Crippen molar-refractivity contribution < 1.29 is 36.2 Å². The van der Waals surface area contributed by atoms with Gasteiger partial charge in [0.15, 0.2) is 0 Å². The van der Waals surface area contributed by atoms with Gasteiger partial charge in [0, 0.05) is 25.8 Å². The summed E-state index contributed by atoms with van der Waals surface area (Å²) >= 11 is 0. The molecule has 1 aliphatic heterocycles. The number of carboxylic acid groups (broad SMARTS) is 1. The largest absolute Gasteiger partial charge is 0.573 e. The average molecular weight is 447 g/mol. The van der Waals surface area contributed by atoms with Crippen molar-refractivity contribution in [2.45, 2.75) is 17.3 Å². The topological polar surface area (TPSA) is 139 Å². The summed E-state index contributed by atoms with van der Waals surface area (Å²) in [5, 5.41) is 9.57. The number of halogens is 3. The molecule has 1 atom stereocenters. The molecule has 0 unspecified atom stereocenters. The third-order valence-electron chi connectivity index (χ3n) is 4.26. The van der Waals surface area contributed by atoms with Crippen molar-refractivity contribution in [3.05, 3.63) is 36.5 Å². The molecule has 1 fully saturated rings. The van der Waals surface area contributed by atoms with Crippen LogP contribution in [0.25, 0.3) is 0 Å². The molecule has 0 amide bonds. The van der Waals surface area contributed by atoms with Crippen LogP contribution in [0.1, 0.15) is 0 Å². The first-order valence-corrected chi connectivity index (χ1v) is 9.85. The summed E-state index contributed by atoms with van der Waals surface area (Å²) < 4.78 is 67.2. The van der Waals surface area contributed by atoms with E-state index in [1.54, 1.807) is 4.90 Å². The highest BCUT2D eigenvalue weighted by Crippen LogP contribution is 2.27. The van der Waals surface area contributed by atoms with Crippen LogP contribution in [0.2, 0.25) is 0 Å². The summed E-state index contributed by atoms with van der Waals surface area (Å²) in [6.07, 6.45) is -3.53. The predicted molar refractivity (Wildman–Crippen MR) is 97.1 cm³/mol. The number of piperazine rings is 1. The molecule has 14 heteroatoms. The van der Waals surface area contributed by atoms with Gasteiger partial charge in [-0.2, -0.15) is 9.29 Å². The highest BCUT2D eigenvalue weighted by atomic mass is 32.2. The lowest BCUT2D eigenvalue weighted by atomic mass is 10.2. The summed E-state index contributed by atoms with van der Waals surface area (Å²) in [6.45, 7) is -0.279. The number of anilines is 2. The normalized spacial score (nSPS) is 18.2. The fraction of sp³-hybridized carbons (Fsp3) is 0.312. The number of carboxylic acids is 1. The molecule has 1 aliphatic rings. The van der Waals surface area contributed by atoms with Gasteiger partial charge in [-0.25, -0.2) is 13.4 Å². The van der Waals surface area contributed by atoms with E-state index in [1.165, 1.54) is 12.3 Å². The molecule has 3 N–H and O–H groups in total. The van der Waals surface area contributed by atoms with Crippen molar-refractivity contribution in [3.8, 4) is 5.75 Å². The molecular weight excluding hydrogens is 431 g/mol. The molecule has 1 aromatic heterocycles. The fourth-order valence-electron chi connectivity index (χ4n) is 2.95. The second-order valence-corrected chi connectivity index (χ2v) is 8.10. The number of nitrogens with two attached hydrogens (primary N) is 1. The van der Waals surface area contributed by atoms with E-state index in [0.29, 0.717) is 5.82 Å². The van der Waals surface area contributed by atoms with Crippen LogP contribution in [0.5, 0.6) is 5.75 Å². The number of aliphatic carboxylic acids is 1. The van der Waals surface area contributed by atoms with E-state index in [2.05, 4.69) is 14.7 Å². The molecule has 162 valence electrons. The molecule has 0 saturated carbocycles. The summed E-state index contributed by atoms with van der Waals surface area (Å²) in [7, 11) is -4.30. The molecule has 1 aromatic carbocycles. The lowest BCUT2D eigenvalue weighted by Gasteiger charge is -2.38. The quantitative estimate of drug-likeness (QED) is 0.685. The Labute approximate surface area is 168 Å². The first-order chi connectivity index (χ1) is 14.0. The van der Waals surface area contributed by atoms with E-state index in [1.807, 2.05) is 0 Å². The van der Waals surface area contributed by atoms with E-state index in [0.717, 1.165) is 28.6 Å². The van der Waals surface area contributed by atoms with Gasteiger partial charge in [0.25, 0.3) is 0 Å². The minimum atomic E-state index is -4.92. The van der Waals surface area contributed by atoms with Gasteiger partial charge in [-0.3, -0.25) is 4.79 Å². The molecule has 0 radical (unpaired) electrons. The van der Waals surface area contributed by atoms with Gasteiger partial charge in [-0.05, 0) is 30.3 Å². The Balaban J connectivity index is 1.84. The van der Waals surface area contributed by atoms with E-state index in [9.17, 15) is 31.5 Å². The Bertz CT molecular complexity index is 1030. The number of sulfonamides is 1. The number of aromatic nitrogens is 2. The van der Waals surface area contributed by atoms with Crippen molar-refractivity contribution in [2.75, 3.05) is 30.3 Å². The maximum absolute atomic E-state index is 12.9. The van der Waals surface area contributed by atoms with Gasteiger partial charge in [-0.1, -0.05) is 0 Å². The molecule has 10 nitrogen and oxygen atoms in total. The Morgan fingerprint density at radius 3 is 2.43 bits per heavy atom. The average Bonchev–Trinajstić information content (AvgIpc) is 2.66. The molecule has 2 aromatic rings. The minimum absolute atomic E-state index is 0.0180. The number of rotatable bonds is 5. The van der Waals surface area contributed by atoms with Gasteiger partial charge in [0.05, 0.1) is 4.90 Å². The van der Waals surface area contributed by atoms with Gasteiger partial charge < -0.3 is 20.5 Å². The van der Waals surface area contributed by atoms with Crippen LogP contribution >= 0.6 is 0 Å². The van der Waals surface area contributed by atoms with Gasteiger partial charge in [0.1, 0.15) is 17.6 Å². The number of carbonyl (C=O) groups is 1. The van der Waals surface area contributed by atoms with E-state index in [4.69, 9.17) is 5.73 Å². The summed E-state index contributed by atoms with van der Waals surface area (Å²) in [5.74, 6) is -1.65. The monoisotopic (exact) mass is 447 g/mol. The zero-order valence-electron chi connectivity index (χ0n) is 15.2. The number of hydrogen-bond acceptors (Lipinski definition) is 8.